The van der Waals surface area contributed by atoms with Crippen molar-refractivity contribution in [2.75, 3.05) is 22.9 Å². The van der Waals surface area contributed by atoms with Gasteiger partial charge in [-0.25, -0.2) is 0 Å². The zero-order valence-corrected chi connectivity index (χ0v) is 26.9. The van der Waals surface area contributed by atoms with Crippen LogP contribution in [0.4, 0.5) is 11.4 Å². The minimum Gasteiger partial charge on any atom is -0.370 e. The van der Waals surface area contributed by atoms with E-state index in [0.29, 0.717) is 16.9 Å². The van der Waals surface area contributed by atoms with Gasteiger partial charge < -0.3 is 19.7 Å². The molecule has 218 valence electrons. The van der Waals surface area contributed by atoms with Crippen LogP contribution in [0.5, 0.6) is 0 Å². The number of pyridine rings is 1. The molecule has 7 heteroatoms. The first-order valence-electron chi connectivity index (χ1n) is 14.9. The lowest BCUT2D eigenvalue weighted by atomic mass is 9.91. The highest BCUT2D eigenvalue weighted by Crippen LogP contribution is 2.45. The highest BCUT2D eigenvalue weighted by Gasteiger charge is 2.42. The van der Waals surface area contributed by atoms with E-state index in [-0.39, 0.29) is 12.1 Å². The standard InChI is InChI=1S/C35H40ClN5S/c1-21-13-22(2)16-28(15-21)40-25(5)17-29(26(40)6)34-33(31-9-7-8-12-37-31)38-35(42)41(34)27-10-11-32(30(36)18-27)39-19-23(3)14-24(4)20-39/h7-13,15-18,23-24,33-34H,14,19-20H2,1-6H3,(H,38,42)/t23-,24+,33-,34+/m1/s1. The van der Waals surface area contributed by atoms with Crippen LogP contribution in [0.25, 0.3) is 5.69 Å². The van der Waals surface area contributed by atoms with E-state index in [1.807, 2.05) is 18.3 Å². The van der Waals surface area contributed by atoms with Crippen molar-refractivity contribution in [2.24, 2.45) is 11.8 Å². The Labute approximate surface area is 260 Å². The third kappa shape index (κ3) is 5.31. The van der Waals surface area contributed by atoms with Crippen LogP contribution in [-0.2, 0) is 0 Å². The summed E-state index contributed by atoms with van der Waals surface area (Å²) in [5, 5.41) is 5.06. The lowest BCUT2D eigenvalue weighted by Crippen LogP contribution is -2.38. The van der Waals surface area contributed by atoms with Crippen LogP contribution >= 0.6 is 23.8 Å². The van der Waals surface area contributed by atoms with Crippen LogP contribution in [-0.4, -0.2) is 27.8 Å². The van der Waals surface area contributed by atoms with Gasteiger partial charge in [-0.2, -0.15) is 0 Å². The molecule has 4 atom stereocenters. The molecule has 6 rings (SSSR count). The van der Waals surface area contributed by atoms with E-state index in [4.69, 9.17) is 28.8 Å². The second kappa shape index (κ2) is 11.4. The summed E-state index contributed by atoms with van der Waals surface area (Å²) in [5.41, 5.74) is 10.3. The van der Waals surface area contributed by atoms with Gasteiger partial charge >= 0.3 is 0 Å². The number of aromatic nitrogens is 2. The maximum atomic E-state index is 7.05. The van der Waals surface area contributed by atoms with Crippen molar-refractivity contribution in [3.63, 3.8) is 0 Å². The van der Waals surface area contributed by atoms with Gasteiger partial charge in [-0.05, 0) is 123 Å². The van der Waals surface area contributed by atoms with Crippen molar-refractivity contribution in [3.05, 3.63) is 106 Å². The van der Waals surface area contributed by atoms with Crippen molar-refractivity contribution < 1.29 is 0 Å². The highest BCUT2D eigenvalue weighted by atomic mass is 35.5. The first-order valence-corrected chi connectivity index (χ1v) is 15.7. The Bertz CT molecular complexity index is 1600. The molecule has 5 nitrogen and oxygen atoms in total. The number of nitrogens with zero attached hydrogens (tertiary/aromatic N) is 4. The van der Waals surface area contributed by atoms with Crippen LogP contribution in [0, 0.1) is 39.5 Å². The molecule has 2 aromatic heterocycles. The summed E-state index contributed by atoms with van der Waals surface area (Å²) in [6, 6.07) is 21.3. The molecule has 0 bridgehead atoms. The normalized spacial score (nSPS) is 22.5. The number of piperidine rings is 1. The van der Waals surface area contributed by atoms with Crippen LogP contribution in [0.15, 0.2) is 66.9 Å². The summed E-state index contributed by atoms with van der Waals surface area (Å²) in [5.74, 6) is 1.30. The molecule has 2 aromatic carbocycles. The number of thiocarbonyl (C=S) groups is 1. The van der Waals surface area contributed by atoms with E-state index in [9.17, 15) is 0 Å². The number of halogens is 1. The van der Waals surface area contributed by atoms with Crippen molar-refractivity contribution in [1.29, 1.82) is 0 Å². The minimum absolute atomic E-state index is 0.102. The van der Waals surface area contributed by atoms with Crippen molar-refractivity contribution in [1.82, 2.24) is 14.9 Å². The smallest absolute Gasteiger partial charge is 0.174 e. The SMILES string of the molecule is Cc1cc(C)cc(-n2c(C)cc([C@H]3[C@@H](c4ccccn4)NC(=S)N3c3ccc(N4C[C@H](C)C[C@H](C)C4)c(Cl)c3)c2C)c1. The molecule has 0 aliphatic carbocycles. The van der Waals surface area contributed by atoms with Crippen LogP contribution in [0.1, 0.15) is 66.1 Å². The lowest BCUT2D eigenvalue weighted by Gasteiger charge is -2.37. The fourth-order valence-corrected chi connectivity index (χ4v) is 7.92. The van der Waals surface area contributed by atoms with E-state index in [1.54, 1.807) is 0 Å². The molecule has 0 amide bonds. The summed E-state index contributed by atoms with van der Waals surface area (Å²) < 4.78 is 2.36. The third-order valence-corrected chi connectivity index (χ3v) is 9.39. The monoisotopic (exact) mass is 597 g/mol. The topological polar surface area (TPSA) is 36.3 Å². The summed E-state index contributed by atoms with van der Waals surface area (Å²) in [4.78, 5) is 9.44. The summed E-state index contributed by atoms with van der Waals surface area (Å²) in [6.07, 6.45) is 3.11. The average Bonchev–Trinajstić information content (AvgIpc) is 3.42. The Hall–Kier alpha value is -3.35. The number of nitrogens with one attached hydrogen (secondary N) is 1. The zero-order chi connectivity index (χ0) is 29.7. The van der Waals surface area contributed by atoms with Gasteiger partial charge in [0.25, 0.3) is 0 Å². The third-order valence-electron chi connectivity index (χ3n) is 8.77. The summed E-state index contributed by atoms with van der Waals surface area (Å²) in [7, 11) is 0. The number of hydrogen-bond donors (Lipinski definition) is 1. The summed E-state index contributed by atoms with van der Waals surface area (Å²) >= 11 is 13.1. The molecule has 2 aliphatic heterocycles. The number of hydrogen-bond acceptors (Lipinski definition) is 3. The Balaban J connectivity index is 1.45. The van der Waals surface area contributed by atoms with Gasteiger partial charge in [-0.1, -0.05) is 37.6 Å². The number of anilines is 2. The van der Waals surface area contributed by atoms with Crippen LogP contribution in [0.3, 0.4) is 0 Å². The molecule has 0 unspecified atom stereocenters. The molecule has 0 spiro atoms. The molecule has 0 saturated carbocycles. The van der Waals surface area contributed by atoms with E-state index in [0.717, 1.165) is 35.2 Å². The molecule has 1 N–H and O–H groups in total. The fourth-order valence-electron chi connectivity index (χ4n) is 7.27. The number of benzene rings is 2. The molecule has 2 fully saturated rings. The molecular formula is C35H40ClN5S. The average molecular weight is 598 g/mol. The van der Waals surface area contributed by atoms with Gasteiger partial charge in [0.05, 0.1) is 28.5 Å². The quantitative estimate of drug-likeness (QED) is 0.234. The molecule has 2 saturated heterocycles. The number of aryl methyl sites for hydroxylation is 3. The second-order valence-electron chi connectivity index (χ2n) is 12.5. The van der Waals surface area contributed by atoms with E-state index < -0.39 is 0 Å². The highest BCUT2D eigenvalue weighted by molar-refractivity contribution is 7.80. The van der Waals surface area contributed by atoms with Gasteiger partial charge in [-0.3, -0.25) is 4.98 Å². The largest absolute Gasteiger partial charge is 0.370 e. The molecule has 4 heterocycles. The maximum absolute atomic E-state index is 7.05. The van der Waals surface area contributed by atoms with Crippen molar-refractivity contribution in [2.45, 2.75) is 60.0 Å². The van der Waals surface area contributed by atoms with Gasteiger partial charge in [0.15, 0.2) is 5.11 Å². The first kappa shape index (κ1) is 28.8. The predicted molar refractivity (Wildman–Crippen MR) is 179 cm³/mol. The Morgan fingerprint density at radius 3 is 2.24 bits per heavy atom. The van der Waals surface area contributed by atoms with E-state index in [2.05, 4.69) is 110 Å². The van der Waals surface area contributed by atoms with Crippen LogP contribution < -0.4 is 15.1 Å². The summed E-state index contributed by atoms with van der Waals surface area (Å²) in [6.45, 7) is 15.4. The number of rotatable bonds is 5. The molecule has 42 heavy (non-hydrogen) atoms. The Kier molecular flexibility index (Phi) is 7.79. The van der Waals surface area contributed by atoms with Crippen molar-refractivity contribution in [3.8, 4) is 5.69 Å². The van der Waals surface area contributed by atoms with Gasteiger partial charge in [0.1, 0.15) is 0 Å². The van der Waals surface area contributed by atoms with E-state index in [1.165, 1.54) is 40.2 Å². The van der Waals surface area contributed by atoms with Gasteiger partial charge in [0.2, 0.25) is 0 Å². The lowest BCUT2D eigenvalue weighted by molar-refractivity contribution is 0.357. The minimum atomic E-state index is -0.117. The Morgan fingerprint density at radius 2 is 1.60 bits per heavy atom. The van der Waals surface area contributed by atoms with Gasteiger partial charge in [0, 0.05) is 42.0 Å². The molecule has 4 aromatic rings. The molecule has 0 radical (unpaired) electrons. The maximum Gasteiger partial charge on any atom is 0.174 e. The fraction of sp³-hybridized carbons (Fsp3) is 0.371. The first-order chi connectivity index (χ1) is 20.1. The molecular weight excluding hydrogens is 558 g/mol. The zero-order valence-electron chi connectivity index (χ0n) is 25.4. The predicted octanol–water partition coefficient (Wildman–Crippen LogP) is 8.42. The van der Waals surface area contributed by atoms with E-state index >= 15 is 0 Å². The van der Waals surface area contributed by atoms with Gasteiger partial charge in [-0.15, -0.1) is 0 Å². The van der Waals surface area contributed by atoms with Crippen LogP contribution in [0.2, 0.25) is 5.02 Å². The second-order valence-corrected chi connectivity index (χ2v) is 13.3. The van der Waals surface area contributed by atoms with Crippen molar-refractivity contribution >= 4 is 40.3 Å². The molecule has 2 aliphatic rings. The Morgan fingerprint density at radius 1 is 0.881 bits per heavy atom.